The van der Waals surface area contributed by atoms with E-state index in [1.54, 1.807) is 99.9 Å². The first kappa shape index (κ1) is 97.4. The Kier molecular flexibility index (Phi) is 34.3. The van der Waals surface area contributed by atoms with Crippen LogP contribution in [0.5, 0.6) is 34.5 Å². The van der Waals surface area contributed by atoms with Gasteiger partial charge in [0.2, 0.25) is 17.3 Å². The van der Waals surface area contributed by atoms with Crippen LogP contribution >= 0.6 is 46.4 Å². The van der Waals surface area contributed by atoms with Gasteiger partial charge in [-0.1, -0.05) is 68.3 Å². The van der Waals surface area contributed by atoms with Gasteiger partial charge < -0.3 is 49.2 Å². The monoisotopic (exact) mass is 1730 g/mol. The molecule has 628 valence electrons. The molecule has 0 bridgehead atoms. The molecule has 26 heteroatoms. The van der Waals surface area contributed by atoms with E-state index in [-0.39, 0.29) is 93.9 Å². The number of nitrogens with zero attached hydrogens (tertiary/aromatic N) is 3. The Bertz CT molecular complexity index is 5780. The van der Waals surface area contributed by atoms with Crippen molar-refractivity contribution in [1.29, 1.82) is 0 Å². The number of ether oxygens (including phenoxy) is 5. The van der Waals surface area contributed by atoms with Gasteiger partial charge in [-0.15, -0.1) is 46.4 Å². The molecule has 0 aliphatic carbocycles. The van der Waals surface area contributed by atoms with Crippen molar-refractivity contribution < 1.29 is 116 Å². The number of carbonyl (C=O) groups is 7. The second kappa shape index (κ2) is 42.7. The smallest absolute Gasteiger partial charge is 0.870 e. The van der Waals surface area contributed by atoms with Crippen LogP contribution in [0.25, 0.3) is 35.1 Å². The van der Waals surface area contributed by atoms with E-state index in [0.717, 1.165) is 45.4 Å². The van der Waals surface area contributed by atoms with Crippen LogP contribution in [0, 0.1) is 65.6 Å². The minimum Gasteiger partial charge on any atom is -0.870 e. The zero-order valence-electron chi connectivity index (χ0n) is 70.5. The van der Waals surface area contributed by atoms with Gasteiger partial charge in [-0.25, -0.2) is 37.2 Å². The van der Waals surface area contributed by atoms with Crippen LogP contribution in [-0.4, -0.2) is 104 Å². The third kappa shape index (κ3) is 24.8. The summed E-state index contributed by atoms with van der Waals surface area (Å²) < 4.78 is 73.6. The Labute approximate surface area is 743 Å². The summed E-state index contributed by atoms with van der Waals surface area (Å²) in [7, 11) is 0. The van der Waals surface area contributed by atoms with Gasteiger partial charge in [-0.2, -0.15) is 0 Å². The summed E-state index contributed by atoms with van der Waals surface area (Å²) in [5.41, 5.74) is 7.24. The Morgan fingerprint density at radius 3 is 0.983 bits per heavy atom. The van der Waals surface area contributed by atoms with Gasteiger partial charge in [0.1, 0.15) is 60.5 Å². The summed E-state index contributed by atoms with van der Waals surface area (Å²) in [6.45, 7) is 36.7. The number of benzene rings is 9. The summed E-state index contributed by atoms with van der Waals surface area (Å²) in [5, 5.41) is 20.9. The molecule has 0 fully saturated rings. The molecule has 12 aromatic rings. The van der Waals surface area contributed by atoms with Crippen molar-refractivity contribution in [2.45, 2.75) is 154 Å². The van der Waals surface area contributed by atoms with Gasteiger partial charge in [0, 0.05) is 73.1 Å². The standard InChI is InChI=1S/C33H33FN2O4S.C33H34FNO6S.C29H27FO4S.ClH.Na.H2O/c1-8-36(32(38)40-33(4,5)6)16-15-22-9-12-25(13-10-22)39-30-26-14-11-24(35-7)19-27(26)41-31(30)29(37)28-20(2)17-23(34)18-21(28)3;1-7-35(32(39)41-33(4,5)6)15-14-21-8-11-24(12-9-21)40-29-25-13-10-22(31(37)38)18-26(25)42-30(29)28(36)27-19(2)16-23(34)17-20(27)3;1-4-5-6-7-19-8-11-22(12-9-19)34-27-23-13-10-20(29(32)33)16-24(23)35-28(27)26(31)25-17(2)14-21(30)15-18(25)3;;;/h9-14,17-19H,8,15-16H2,1-6H3;8-13,16-18H,7,14-15H2,1-6H3,(H,37,38);8-16H,4-7H2,1-3H3,(H,32,33);1H;;1H2/q;;;;+1;/p-1. The number of ketones is 3. The maximum Gasteiger partial charge on any atom is 1.00 e. The second-order valence-corrected chi connectivity index (χ2v) is 33.8. The number of carboxylic acids is 2. The summed E-state index contributed by atoms with van der Waals surface area (Å²) in [6, 6.07) is 45.3. The van der Waals surface area contributed by atoms with Crippen LogP contribution in [0.1, 0.15) is 198 Å². The van der Waals surface area contributed by atoms with Crippen molar-refractivity contribution in [2.24, 2.45) is 0 Å². The summed E-state index contributed by atoms with van der Waals surface area (Å²) >= 11 is 3.59. The molecule has 0 spiro atoms. The van der Waals surface area contributed by atoms with Gasteiger partial charge in [-0.3, -0.25) is 14.4 Å². The Morgan fingerprint density at radius 2 is 0.711 bits per heavy atom. The zero-order chi connectivity index (χ0) is 85.8. The molecule has 3 heterocycles. The van der Waals surface area contributed by atoms with Gasteiger partial charge in [0.15, 0.2) is 22.9 Å². The molecule has 18 nitrogen and oxygen atoms in total. The number of aryl methyl sites for hydroxylation is 7. The van der Waals surface area contributed by atoms with E-state index in [4.69, 9.17) is 30.3 Å². The van der Waals surface area contributed by atoms with Gasteiger partial charge in [0.05, 0.1) is 17.7 Å². The normalized spacial score (nSPS) is 11.0. The molecular formula is C95H96ClF3N3NaO15S3. The number of hydrogen-bond acceptors (Lipinski definition) is 16. The van der Waals surface area contributed by atoms with Crippen LogP contribution in [0.2, 0.25) is 0 Å². The first-order valence-corrected chi connectivity index (χ1v) is 41.1. The quantitative estimate of drug-likeness (QED) is 0.0221. The molecule has 0 atom stereocenters. The molecule has 12 rings (SSSR count). The van der Waals surface area contributed by atoms with E-state index in [1.807, 2.05) is 116 Å². The number of unbranched alkanes of at least 4 members (excludes halogenated alkanes) is 2. The third-order valence-electron chi connectivity index (χ3n) is 19.2. The molecule has 121 heavy (non-hydrogen) atoms. The van der Waals surface area contributed by atoms with E-state index in [2.05, 4.69) is 11.8 Å². The number of carbonyl (C=O) groups excluding carboxylic acids is 5. The fraction of sp³-hybridized carbons (Fsp3) is 0.284. The number of halogens is 4. The number of carboxylic acid groups (broad SMARTS) is 2. The molecule has 0 radical (unpaired) electrons. The molecule has 0 saturated heterocycles. The van der Waals surface area contributed by atoms with E-state index in [0.29, 0.717) is 164 Å². The molecule has 0 aliphatic heterocycles. The predicted molar refractivity (Wildman–Crippen MR) is 470 cm³/mol. The van der Waals surface area contributed by atoms with Crippen molar-refractivity contribution in [3.05, 3.63) is 285 Å². The number of rotatable bonds is 26. The van der Waals surface area contributed by atoms with Gasteiger partial charge in [-0.05, 0) is 288 Å². The van der Waals surface area contributed by atoms with Crippen molar-refractivity contribution in [3.8, 4) is 34.5 Å². The zero-order valence-corrected chi connectivity index (χ0v) is 75.8. The Balaban J connectivity index is 0.000000248. The van der Waals surface area contributed by atoms with Crippen molar-refractivity contribution in [1.82, 2.24) is 9.80 Å². The average Bonchev–Trinajstić information content (AvgIpc) is 1.63. The summed E-state index contributed by atoms with van der Waals surface area (Å²) in [6.07, 6.45) is 5.04. The minimum atomic E-state index is -1.07. The average molecular weight is 1730 g/mol. The van der Waals surface area contributed by atoms with Gasteiger partial charge >= 0.3 is 53.7 Å². The topological polar surface area (TPSA) is 247 Å². The van der Waals surface area contributed by atoms with Crippen LogP contribution in [-0.2, 0) is 28.7 Å². The number of hydrogen-bond donors (Lipinski definition) is 2. The minimum absolute atomic E-state index is 0. The first-order chi connectivity index (χ1) is 55.9. The summed E-state index contributed by atoms with van der Waals surface area (Å²) in [5.74, 6) is -1.44. The SMILES string of the molecule is CCCCCc1ccc(Oc2c(C(=O)c3c(C)cc(F)cc3C)sc3cc(C(=O)O)ccc23)cc1.CCN(CCc1ccc(Oc2c(C(=O)c3c(C)cc(F)cc3C)sc3cc(C(=O)O)ccc23)cc1)C(=O)OC(C)(C)C.Cl.[C-]#[N+]c1ccc2c(Oc3ccc(CCN(CC)C(=O)OC(C)(C)C)cc3)c(C(=O)c3c(C)cc(F)cc3C)sc2c1.[Na+].[OH-]. The third-order valence-corrected chi connectivity index (χ3v) is 22.6. The molecule has 0 saturated carbocycles. The molecule has 0 aliphatic rings. The summed E-state index contributed by atoms with van der Waals surface area (Å²) in [4.78, 5) is 97.2. The van der Waals surface area contributed by atoms with E-state index in [9.17, 15) is 56.9 Å². The molecule has 3 aromatic heterocycles. The number of fused-ring (bicyclic) bond motifs is 3. The fourth-order valence-electron chi connectivity index (χ4n) is 13.5. The predicted octanol–water partition coefficient (Wildman–Crippen LogP) is 22.6. The van der Waals surface area contributed by atoms with Crippen LogP contribution in [0.15, 0.2) is 164 Å². The number of thiophene rings is 3. The number of amides is 2. The number of aromatic carboxylic acids is 2. The van der Waals surface area contributed by atoms with Gasteiger partial charge in [0.25, 0.3) is 0 Å². The maximum absolute atomic E-state index is 14.0. The molecule has 2 amide bonds. The van der Waals surface area contributed by atoms with E-state index < -0.39 is 34.8 Å². The van der Waals surface area contributed by atoms with Crippen molar-refractivity contribution in [3.63, 3.8) is 0 Å². The van der Waals surface area contributed by atoms with Crippen molar-refractivity contribution in [2.75, 3.05) is 26.2 Å². The molecule has 0 unspecified atom stereocenters. The fourth-order valence-corrected chi connectivity index (χ4v) is 16.8. The first-order valence-electron chi connectivity index (χ1n) is 38.7. The largest absolute Gasteiger partial charge is 1.00 e. The second-order valence-electron chi connectivity index (χ2n) is 30.7. The Morgan fingerprint density at radius 1 is 0.421 bits per heavy atom. The maximum atomic E-state index is 14.0. The molecule has 9 aromatic carbocycles. The van der Waals surface area contributed by atoms with E-state index in [1.165, 1.54) is 95.7 Å². The van der Waals surface area contributed by atoms with Crippen LogP contribution < -0.4 is 43.8 Å². The molecular weight excluding hydrogens is 1630 g/mol. The van der Waals surface area contributed by atoms with Crippen LogP contribution in [0.4, 0.5) is 28.4 Å². The Hall–Kier alpha value is -10.7. The molecule has 3 N–H and O–H groups in total. The van der Waals surface area contributed by atoms with Crippen molar-refractivity contribution >= 4 is 124 Å². The van der Waals surface area contributed by atoms with Crippen LogP contribution in [0.3, 0.4) is 0 Å². The number of likely N-dealkylation sites (N-methyl/N-ethyl adjacent to an activating group) is 2. The van der Waals surface area contributed by atoms with E-state index >= 15 is 0 Å².